The first-order chi connectivity index (χ1) is 15.9. The van der Waals surface area contributed by atoms with Crippen LogP contribution in [0.5, 0.6) is 5.75 Å². The van der Waals surface area contributed by atoms with Crippen LogP contribution < -0.4 is 14.8 Å². The number of aryl methyl sites for hydroxylation is 2. The van der Waals surface area contributed by atoms with Crippen molar-refractivity contribution in [3.63, 3.8) is 0 Å². The number of aliphatic imine (C=N–C) groups is 1. The first-order valence-corrected chi connectivity index (χ1v) is 12.2. The smallest absolute Gasteiger partial charge is 0.344 e. The van der Waals surface area contributed by atoms with Gasteiger partial charge in [0.1, 0.15) is 11.6 Å². The predicted molar refractivity (Wildman–Crippen MR) is 122 cm³/mol. The highest BCUT2D eigenvalue weighted by atomic mass is 32.2. The normalized spacial score (nSPS) is 14.8. The molecule has 1 aliphatic carbocycles. The predicted octanol–water partition coefficient (Wildman–Crippen LogP) is 2.21. The van der Waals surface area contributed by atoms with Gasteiger partial charge >= 0.3 is 5.97 Å². The standard InChI is InChI=1S/C23H25N3O6S/c27-22(14-32-23(28)15-31-19-10-9-16-4-1-5-17(16)12-19)25-18-6-2-7-20(13-18)33(29,30)26-21-8-3-11-24-21/h2,6-7,9-10,12-13H,1,3-5,8,11,14-15H2,(H,24,26)(H,25,27). The number of amides is 1. The Bertz CT molecular complexity index is 1190. The Morgan fingerprint density at radius 1 is 0.970 bits per heavy atom. The zero-order valence-electron chi connectivity index (χ0n) is 18.0. The van der Waals surface area contributed by atoms with E-state index in [1.807, 2.05) is 18.2 Å². The lowest BCUT2D eigenvalue weighted by Gasteiger charge is -2.11. The second-order valence-electron chi connectivity index (χ2n) is 7.85. The number of anilines is 1. The Morgan fingerprint density at radius 2 is 1.82 bits per heavy atom. The summed E-state index contributed by atoms with van der Waals surface area (Å²) in [6.45, 7) is -0.223. The van der Waals surface area contributed by atoms with Crippen molar-refractivity contribution < 1.29 is 27.5 Å². The van der Waals surface area contributed by atoms with E-state index in [9.17, 15) is 18.0 Å². The molecule has 174 valence electrons. The van der Waals surface area contributed by atoms with Crippen LogP contribution in [0.4, 0.5) is 5.69 Å². The number of ether oxygens (including phenoxy) is 2. The average Bonchev–Trinajstić information content (AvgIpc) is 3.47. The van der Waals surface area contributed by atoms with Crippen molar-refractivity contribution in [3.05, 3.63) is 53.6 Å². The molecule has 0 bridgehead atoms. The maximum atomic E-state index is 12.5. The third-order valence-corrected chi connectivity index (χ3v) is 6.72. The van der Waals surface area contributed by atoms with Gasteiger partial charge in [-0.3, -0.25) is 14.5 Å². The lowest BCUT2D eigenvalue weighted by atomic mass is 10.1. The summed E-state index contributed by atoms with van der Waals surface area (Å²) in [5.41, 5.74) is 2.80. The van der Waals surface area contributed by atoms with Gasteiger partial charge < -0.3 is 14.8 Å². The lowest BCUT2D eigenvalue weighted by Crippen LogP contribution is -2.29. The Hall–Kier alpha value is -3.40. The van der Waals surface area contributed by atoms with Crippen LogP contribution in [0.25, 0.3) is 0 Å². The Kier molecular flexibility index (Phi) is 6.93. The topological polar surface area (TPSA) is 123 Å². The summed E-state index contributed by atoms with van der Waals surface area (Å²) in [6, 6.07) is 11.6. The van der Waals surface area contributed by atoms with Crippen molar-refractivity contribution in [1.29, 1.82) is 0 Å². The highest BCUT2D eigenvalue weighted by Gasteiger charge is 2.19. The molecular formula is C23H25N3O6S. The molecule has 0 atom stereocenters. The van der Waals surface area contributed by atoms with Crippen molar-refractivity contribution in [2.75, 3.05) is 25.1 Å². The Labute approximate surface area is 192 Å². The molecule has 33 heavy (non-hydrogen) atoms. The van der Waals surface area contributed by atoms with Gasteiger partial charge in [-0.25, -0.2) is 13.2 Å². The van der Waals surface area contributed by atoms with Crippen molar-refractivity contribution in [1.82, 2.24) is 4.72 Å². The van der Waals surface area contributed by atoms with Crippen LogP contribution in [0.2, 0.25) is 0 Å². The molecule has 2 aliphatic rings. The van der Waals surface area contributed by atoms with Gasteiger partial charge in [0.05, 0.1) is 4.90 Å². The van der Waals surface area contributed by atoms with Crippen LogP contribution in [0.3, 0.4) is 0 Å². The summed E-state index contributed by atoms with van der Waals surface area (Å²) in [4.78, 5) is 28.2. The number of nitrogens with zero attached hydrogens (tertiary/aromatic N) is 1. The fraction of sp³-hybridized carbons (Fsp3) is 0.348. The number of amidine groups is 1. The highest BCUT2D eigenvalue weighted by Crippen LogP contribution is 2.26. The average molecular weight is 472 g/mol. The molecule has 2 aromatic rings. The Balaban J connectivity index is 1.24. The number of carbonyl (C=O) groups excluding carboxylic acids is 2. The van der Waals surface area contributed by atoms with Crippen molar-refractivity contribution in [3.8, 4) is 5.75 Å². The zero-order chi connectivity index (χ0) is 23.3. The molecule has 0 fully saturated rings. The first-order valence-electron chi connectivity index (χ1n) is 10.8. The third kappa shape index (κ3) is 6.10. The molecule has 9 nitrogen and oxygen atoms in total. The number of sulfonamides is 1. The van der Waals surface area contributed by atoms with Crippen LogP contribution in [0.15, 0.2) is 52.4 Å². The molecule has 0 radical (unpaired) electrons. The number of rotatable bonds is 8. The number of hydrogen-bond donors (Lipinski definition) is 2. The maximum absolute atomic E-state index is 12.5. The molecule has 0 spiro atoms. The van der Waals surface area contributed by atoms with Gasteiger partial charge in [-0.15, -0.1) is 0 Å². The summed E-state index contributed by atoms with van der Waals surface area (Å²) in [5, 5.41) is 2.53. The van der Waals surface area contributed by atoms with Crippen LogP contribution in [0.1, 0.15) is 30.4 Å². The highest BCUT2D eigenvalue weighted by molar-refractivity contribution is 7.90. The van der Waals surface area contributed by atoms with E-state index in [1.54, 1.807) is 6.07 Å². The molecule has 0 unspecified atom stereocenters. The monoisotopic (exact) mass is 471 g/mol. The van der Waals surface area contributed by atoms with Gasteiger partial charge in [-0.1, -0.05) is 12.1 Å². The SMILES string of the molecule is O=C(COC(=O)COc1ccc2c(c1)CCC2)Nc1cccc(S(=O)(=O)NC2=NCCC2)c1. The largest absolute Gasteiger partial charge is 0.482 e. The molecule has 0 saturated carbocycles. The Morgan fingerprint density at radius 3 is 2.64 bits per heavy atom. The van der Waals surface area contributed by atoms with E-state index >= 15 is 0 Å². The number of hydrogen-bond acceptors (Lipinski definition) is 7. The molecule has 1 aliphatic heterocycles. The molecule has 0 aromatic heterocycles. The molecule has 1 amide bonds. The number of nitrogens with one attached hydrogen (secondary N) is 2. The van der Waals surface area contributed by atoms with Crippen LogP contribution in [-0.4, -0.2) is 45.9 Å². The van der Waals surface area contributed by atoms with E-state index in [4.69, 9.17) is 9.47 Å². The van der Waals surface area contributed by atoms with Gasteiger partial charge in [-0.2, -0.15) is 0 Å². The summed E-state index contributed by atoms with van der Waals surface area (Å²) in [7, 11) is -3.80. The van der Waals surface area contributed by atoms with E-state index in [-0.39, 0.29) is 17.2 Å². The quantitative estimate of drug-likeness (QED) is 0.569. The van der Waals surface area contributed by atoms with E-state index < -0.39 is 28.5 Å². The molecule has 0 saturated heterocycles. The summed E-state index contributed by atoms with van der Waals surface area (Å²) in [6.07, 6.45) is 4.58. The van der Waals surface area contributed by atoms with Gasteiger partial charge in [0.2, 0.25) is 0 Å². The van der Waals surface area contributed by atoms with Crippen molar-refractivity contribution in [2.45, 2.75) is 37.0 Å². The van der Waals surface area contributed by atoms with Crippen molar-refractivity contribution >= 4 is 33.4 Å². The van der Waals surface area contributed by atoms with Gasteiger partial charge in [0.15, 0.2) is 13.2 Å². The van der Waals surface area contributed by atoms with Gasteiger partial charge in [0, 0.05) is 18.7 Å². The molecule has 1 heterocycles. The van der Waals surface area contributed by atoms with Crippen molar-refractivity contribution in [2.24, 2.45) is 4.99 Å². The number of fused-ring (bicyclic) bond motifs is 1. The summed E-state index contributed by atoms with van der Waals surface area (Å²) < 4.78 is 37.9. The molecular weight excluding hydrogens is 446 g/mol. The molecule has 2 N–H and O–H groups in total. The molecule has 2 aromatic carbocycles. The van der Waals surface area contributed by atoms with Crippen LogP contribution in [-0.2, 0) is 37.2 Å². The third-order valence-electron chi connectivity index (χ3n) is 5.35. The second kappa shape index (κ2) is 10.0. The second-order valence-corrected chi connectivity index (χ2v) is 9.53. The number of carbonyl (C=O) groups is 2. The van der Waals surface area contributed by atoms with Gasteiger partial charge in [0.25, 0.3) is 15.9 Å². The van der Waals surface area contributed by atoms with E-state index in [1.165, 1.54) is 29.3 Å². The van der Waals surface area contributed by atoms with Gasteiger partial charge in [-0.05, 0) is 67.1 Å². The number of benzene rings is 2. The molecule has 10 heteroatoms. The molecule has 4 rings (SSSR count). The minimum atomic E-state index is -3.80. The van der Waals surface area contributed by atoms with Crippen LogP contribution in [0, 0.1) is 0 Å². The fourth-order valence-corrected chi connectivity index (χ4v) is 4.88. The zero-order valence-corrected chi connectivity index (χ0v) is 18.8. The summed E-state index contributed by atoms with van der Waals surface area (Å²) in [5.74, 6) is -0.252. The van der Waals surface area contributed by atoms with E-state index in [0.29, 0.717) is 24.6 Å². The minimum absolute atomic E-state index is 0.00496. The van der Waals surface area contributed by atoms with E-state index in [0.717, 1.165) is 25.7 Å². The van der Waals surface area contributed by atoms with Crippen LogP contribution >= 0.6 is 0 Å². The minimum Gasteiger partial charge on any atom is -0.482 e. The van der Waals surface area contributed by atoms with E-state index in [2.05, 4.69) is 15.0 Å². The maximum Gasteiger partial charge on any atom is 0.344 e. The fourth-order valence-electron chi connectivity index (χ4n) is 3.74. The first kappa shape index (κ1) is 22.8. The summed E-state index contributed by atoms with van der Waals surface area (Å²) >= 11 is 0. The lowest BCUT2D eigenvalue weighted by molar-refractivity contribution is -0.149. The number of esters is 1.